The van der Waals surface area contributed by atoms with E-state index in [0.29, 0.717) is 18.8 Å². The molecule has 0 atom stereocenters. The molecule has 0 aliphatic rings. The number of carbonyl (C=O) groups is 1. The summed E-state index contributed by atoms with van der Waals surface area (Å²) in [7, 11) is 0. The number of hydrogen-bond donors (Lipinski definition) is 0. The number of rotatable bonds is 7. The van der Waals surface area contributed by atoms with E-state index in [0.717, 1.165) is 16.9 Å². The Balaban J connectivity index is 1.85. The van der Waals surface area contributed by atoms with Crippen LogP contribution < -0.4 is 9.47 Å². The van der Waals surface area contributed by atoms with E-state index in [1.165, 1.54) is 0 Å². The van der Waals surface area contributed by atoms with Gasteiger partial charge in [-0.25, -0.2) is 9.78 Å². The van der Waals surface area contributed by atoms with Gasteiger partial charge in [-0.1, -0.05) is 6.07 Å². The highest BCUT2D eigenvalue weighted by atomic mass is 16.6. The zero-order valence-corrected chi connectivity index (χ0v) is 13.7. The monoisotopic (exact) mass is 315 g/mol. The van der Waals surface area contributed by atoms with E-state index in [-0.39, 0.29) is 12.5 Å². The summed E-state index contributed by atoms with van der Waals surface area (Å²) in [6.45, 7) is 6.74. The summed E-state index contributed by atoms with van der Waals surface area (Å²) in [5, 5.41) is 0. The largest absolute Gasteiger partial charge is 0.490 e. The van der Waals surface area contributed by atoms with Gasteiger partial charge in [0.25, 0.3) is 0 Å². The first kappa shape index (κ1) is 16.8. The number of nitrogens with zero attached hydrogens (tertiary/aromatic N) is 1. The lowest BCUT2D eigenvalue weighted by Gasteiger charge is -2.10. The third-order valence-corrected chi connectivity index (χ3v) is 3.05. The molecule has 0 N–H and O–H groups in total. The molecule has 0 aliphatic carbocycles. The van der Waals surface area contributed by atoms with E-state index >= 15 is 0 Å². The topological polar surface area (TPSA) is 57.7 Å². The molecule has 0 aliphatic heterocycles. The molecule has 0 bridgehead atoms. The first-order valence-corrected chi connectivity index (χ1v) is 7.56. The normalized spacial score (nSPS) is 10.2. The van der Waals surface area contributed by atoms with Gasteiger partial charge in [0, 0.05) is 6.20 Å². The summed E-state index contributed by atoms with van der Waals surface area (Å²) < 4.78 is 16.1. The summed E-state index contributed by atoms with van der Waals surface area (Å²) in [5.74, 6) is 0.593. The van der Waals surface area contributed by atoms with Crippen LogP contribution in [-0.4, -0.2) is 30.8 Å². The van der Waals surface area contributed by atoms with Gasteiger partial charge in [0.2, 0.25) is 5.88 Å². The van der Waals surface area contributed by atoms with Gasteiger partial charge in [0.15, 0.2) is 0 Å². The van der Waals surface area contributed by atoms with Crippen molar-refractivity contribution in [3.8, 4) is 11.6 Å². The third kappa shape index (κ3) is 4.98. The summed E-state index contributed by atoms with van der Waals surface area (Å²) in [4.78, 5) is 16.1. The lowest BCUT2D eigenvalue weighted by atomic mass is 10.1. The first-order valence-electron chi connectivity index (χ1n) is 7.56. The maximum Gasteiger partial charge on any atom is 0.343 e. The van der Waals surface area contributed by atoms with Gasteiger partial charge in [-0.15, -0.1) is 0 Å². The van der Waals surface area contributed by atoms with Gasteiger partial charge in [-0.3, -0.25) is 0 Å². The van der Waals surface area contributed by atoms with Gasteiger partial charge in [0.1, 0.15) is 24.5 Å². The second-order valence-corrected chi connectivity index (χ2v) is 5.10. The molecule has 122 valence electrons. The van der Waals surface area contributed by atoms with E-state index in [2.05, 4.69) is 11.1 Å². The Kier molecular flexibility index (Phi) is 5.97. The molecule has 23 heavy (non-hydrogen) atoms. The van der Waals surface area contributed by atoms with Crippen LogP contribution in [-0.2, 0) is 4.74 Å². The summed E-state index contributed by atoms with van der Waals surface area (Å²) in [6, 6.07) is 9.27. The van der Waals surface area contributed by atoms with E-state index in [9.17, 15) is 4.79 Å². The third-order valence-electron chi connectivity index (χ3n) is 3.05. The quantitative estimate of drug-likeness (QED) is 0.579. The van der Waals surface area contributed by atoms with E-state index < -0.39 is 5.97 Å². The zero-order valence-electron chi connectivity index (χ0n) is 13.7. The SMILES string of the molecule is CCOc1ncccc1C(=O)OCCOc1cc(C)cc(C)c1. The van der Waals surface area contributed by atoms with Crippen LogP contribution in [0.3, 0.4) is 0 Å². The van der Waals surface area contributed by atoms with Gasteiger partial charge in [-0.05, 0) is 56.2 Å². The van der Waals surface area contributed by atoms with Crippen molar-refractivity contribution in [2.45, 2.75) is 20.8 Å². The van der Waals surface area contributed by atoms with Crippen molar-refractivity contribution >= 4 is 5.97 Å². The Morgan fingerprint density at radius 3 is 2.52 bits per heavy atom. The van der Waals surface area contributed by atoms with Crippen molar-refractivity contribution in [2.75, 3.05) is 19.8 Å². The van der Waals surface area contributed by atoms with Crippen molar-refractivity contribution < 1.29 is 19.0 Å². The molecule has 0 fully saturated rings. The lowest BCUT2D eigenvalue weighted by Crippen LogP contribution is -2.14. The van der Waals surface area contributed by atoms with Crippen LogP contribution in [0.25, 0.3) is 0 Å². The van der Waals surface area contributed by atoms with Crippen LogP contribution in [0.4, 0.5) is 0 Å². The summed E-state index contributed by atoms with van der Waals surface area (Å²) in [6.07, 6.45) is 1.57. The molecular weight excluding hydrogens is 294 g/mol. The minimum absolute atomic E-state index is 0.159. The molecule has 5 heteroatoms. The standard InChI is InChI=1S/C18H21NO4/c1-4-21-17-16(6-5-7-19-17)18(20)23-9-8-22-15-11-13(2)10-14(3)12-15/h5-7,10-12H,4,8-9H2,1-3H3. The molecule has 1 heterocycles. The minimum atomic E-state index is -0.467. The van der Waals surface area contributed by atoms with Crippen LogP contribution in [0.5, 0.6) is 11.6 Å². The smallest absolute Gasteiger partial charge is 0.343 e. The van der Waals surface area contributed by atoms with Gasteiger partial charge in [-0.2, -0.15) is 0 Å². The predicted molar refractivity (Wildman–Crippen MR) is 87.1 cm³/mol. The highest BCUT2D eigenvalue weighted by Gasteiger charge is 2.14. The Morgan fingerprint density at radius 1 is 1.09 bits per heavy atom. The van der Waals surface area contributed by atoms with E-state index in [1.807, 2.05) is 32.9 Å². The van der Waals surface area contributed by atoms with Crippen molar-refractivity contribution in [3.05, 3.63) is 53.2 Å². The van der Waals surface area contributed by atoms with Crippen LogP contribution in [0.1, 0.15) is 28.4 Å². The maximum absolute atomic E-state index is 12.1. The average molecular weight is 315 g/mol. The molecule has 2 aromatic rings. The van der Waals surface area contributed by atoms with Gasteiger partial charge >= 0.3 is 5.97 Å². The molecule has 0 radical (unpaired) electrons. The fourth-order valence-electron chi connectivity index (χ4n) is 2.19. The number of pyridine rings is 1. The number of aryl methyl sites for hydroxylation is 2. The Labute approximate surface area is 136 Å². The van der Waals surface area contributed by atoms with Gasteiger partial charge < -0.3 is 14.2 Å². The number of ether oxygens (including phenoxy) is 3. The fourth-order valence-corrected chi connectivity index (χ4v) is 2.19. The second kappa shape index (κ2) is 8.17. The molecular formula is C18H21NO4. The Hall–Kier alpha value is -2.56. The van der Waals surface area contributed by atoms with E-state index in [1.54, 1.807) is 18.3 Å². The number of carbonyl (C=O) groups excluding carboxylic acids is 1. The van der Waals surface area contributed by atoms with Crippen LogP contribution in [0.15, 0.2) is 36.5 Å². The van der Waals surface area contributed by atoms with Crippen molar-refractivity contribution in [2.24, 2.45) is 0 Å². The number of esters is 1. The highest BCUT2D eigenvalue weighted by Crippen LogP contribution is 2.17. The van der Waals surface area contributed by atoms with Crippen LogP contribution in [0.2, 0.25) is 0 Å². The summed E-state index contributed by atoms with van der Waals surface area (Å²) >= 11 is 0. The molecule has 0 amide bonds. The Morgan fingerprint density at radius 2 is 1.83 bits per heavy atom. The fraction of sp³-hybridized carbons (Fsp3) is 0.333. The molecule has 0 unspecified atom stereocenters. The van der Waals surface area contributed by atoms with Crippen molar-refractivity contribution in [1.82, 2.24) is 4.98 Å². The molecule has 2 rings (SSSR count). The van der Waals surface area contributed by atoms with Crippen LogP contribution in [0, 0.1) is 13.8 Å². The molecule has 1 aromatic heterocycles. The predicted octanol–water partition coefficient (Wildman–Crippen LogP) is 3.33. The lowest BCUT2D eigenvalue weighted by molar-refractivity contribution is 0.0445. The summed E-state index contributed by atoms with van der Waals surface area (Å²) in [5.41, 5.74) is 2.59. The maximum atomic E-state index is 12.1. The highest BCUT2D eigenvalue weighted by molar-refractivity contribution is 5.91. The molecule has 1 aromatic carbocycles. The molecule has 0 saturated carbocycles. The van der Waals surface area contributed by atoms with Crippen molar-refractivity contribution in [3.63, 3.8) is 0 Å². The van der Waals surface area contributed by atoms with Crippen LogP contribution >= 0.6 is 0 Å². The average Bonchev–Trinajstić information content (AvgIpc) is 2.51. The van der Waals surface area contributed by atoms with Gasteiger partial charge in [0.05, 0.1) is 6.61 Å². The number of hydrogen-bond acceptors (Lipinski definition) is 5. The molecule has 0 spiro atoms. The first-order chi connectivity index (χ1) is 11.1. The second-order valence-electron chi connectivity index (χ2n) is 5.10. The number of aromatic nitrogens is 1. The molecule has 5 nitrogen and oxygen atoms in total. The van der Waals surface area contributed by atoms with E-state index in [4.69, 9.17) is 14.2 Å². The minimum Gasteiger partial charge on any atom is -0.490 e. The van der Waals surface area contributed by atoms with Crippen molar-refractivity contribution in [1.29, 1.82) is 0 Å². The number of benzene rings is 1. The Bertz CT molecular complexity index is 650. The zero-order chi connectivity index (χ0) is 16.7. The molecule has 0 saturated heterocycles.